The lowest BCUT2D eigenvalue weighted by atomic mass is 10.3. The van der Waals surface area contributed by atoms with Gasteiger partial charge in [-0.1, -0.05) is 0 Å². The number of ether oxygens (including phenoxy) is 1. The SMILES string of the molecule is NCCOc1ccc(S(=O)(=O)NCCc2cscn2)cc1. The van der Waals surface area contributed by atoms with Gasteiger partial charge < -0.3 is 10.5 Å². The average molecular weight is 327 g/mol. The molecule has 8 heteroatoms. The zero-order valence-electron chi connectivity index (χ0n) is 11.4. The molecule has 0 atom stereocenters. The molecule has 0 saturated heterocycles. The van der Waals surface area contributed by atoms with Gasteiger partial charge in [0.1, 0.15) is 12.4 Å². The van der Waals surface area contributed by atoms with E-state index in [4.69, 9.17) is 10.5 Å². The first kappa shape index (κ1) is 15.9. The Hall–Kier alpha value is -1.48. The van der Waals surface area contributed by atoms with Gasteiger partial charge in [-0.3, -0.25) is 0 Å². The minimum absolute atomic E-state index is 0.209. The van der Waals surface area contributed by atoms with Crippen LogP contribution in [-0.2, 0) is 16.4 Å². The lowest BCUT2D eigenvalue weighted by Gasteiger charge is -2.08. The lowest BCUT2D eigenvalue weighted by molar-refractivity contribution is 0.328. The highest BCUT2D eigenvalue weighted by atomic mass is 32.2. The predicted molar refractivity (Wildman–Crippen MR) is 82.0 cm³/mol. The molecule has 114 valence electrons. The van der Waals surface area contributed by atoms with Crippen LogP contribution in [0.2, 0.25) is 0 Å². The Balaban J connectivity index is 1.92. The van der Waals surface area contributed by atoms with E-state index in [9.17, 15) is 8.42 Å². The molecule has 21 heavy (non-hydrogen) atoms. The summed E-state index contributed by atoms with van der Waals surface area (Å²) in [4.78, 5) is 4.31. The number of nitrogens with one attached hydrogen (secondary N) is 1. The minimum Gasteiger partial charge on any atom is -0.492 e. The summed E-state index contributed by atoms with van der Waals surface area (Å²) < 4.78 is 32.1. The fourth-order valence-corrected chi connectivity index (χ4v) is 3.27. The molecule has 0 aliphatic carbocycles. The highest BCUT2D eigenvalue weighted by Gasteiger charge is 2.13. The first-order valence-corrected chi connectivity index (χ1v) is 8.84. The van der Waals surface area contributed by atoms with E-state index in [-0.39, 0.29) is 4.90 Å². The number of thiazole rings is 1. The Morgan fingerprint density at radius 2 is 2.05 bits per heavy atom. The number of nitrogens with two attached hydrogens (primary N) is 1. The molecule has 0 spiro atoms. The van der Waals surface area contributed by atoms with Crippen molar-refractivity contribution in [3.8, 4) is 5.75 Å². The number of nitrogens with zero attached hydrogens (tertiary/aromatic N) is 1. The van der Waals surface area contributed by atoms with Gasteiger partial charge in [-0.15, -0.1) is 11.3 Å². The second kappa shape index (κ2) is 7.51. The Kier molecular flexibility index (Phi) is 5.68. The summed E-state index contributed by atoms with van der Waals surface area (Å²) in [6.07, 6.45) is 0.570. The molecule has 2 rings (SSSR count). The summed E-state index contributed by atoms with van der Waals surface area (Å²) in [5.41, 5.74) is 7.94. The van der Waals surface area contributed by atoms with Gasteiger partial charge in [0, 0.05) is 24.9 Å². The van der Waals surface area contributed by atoms with Crippen LogP contribution >= 0.6 is 11.3 Å². The molecule has 0 amide bonds. The summed E-state index contributed by atoms with van der Waals surface area (Å²) >= 11 is 1.49. The molecule has 0 aliphatic rings. The molecular weight excluding hydrogens is 310 g/mol. The van der Waals surface area contributed by atoms with E-state index in [2.05, 4.69) is 9.71 Å². The van der Waals surface area contributed by atoms with E-state index in [1.165, 1.54) is 23.5 Å². The normalized spacial score (nSPS) is 11.5. The molecule has 0 saturated carbocycles. The smallest absolute Gasteiger partial charge is 0.240 e. The van der Waals surface area contributed by atoms with Crippen molar-refractivity contribution in [2.24, 2.45) is 5.73 Å². The summed E-state index contributed by atoms with van der Waals surface area (Å²) in [6, 6.07) is 6.25. The van der Waals surface area contributed by atoms with Crippen LogP contribution in [0, 0.1) is 0 Å². The summed E-state index contributed by atoms with van der Waals surface area (Å²) in [6.45, 7) is 1.13. The number of hydrogen-bond acceptors (Lipinski definition) is 6. The number of hydrogen-bond donors (Lipinski definition) is 2. The molecule has 0 unspecified atom stereocenters. The molecule has 0 fully saturated rings. The molecule has 0 aliphatic heterocycles. The van der Waals surface area contributed by atoms with Crippen LogP contribution in [0.15, 0.2) is 40.1 Å². The monoisotopic (exact) mass is 327 g/mol. The van der Waals surface area contributed by atoms with Crippen molar-refractivity contribution in [1.29, 1.82) is 0 Å². The van der Waals surface area contributed by atoms with Crippen LogP contribution in [0.25, 0.3) is 0 Å². The average Bonchev–Trinajstić information content (AvgIpc) is 2.98. The van der Waals surface area contributed by atoms with Crippen molar-refractivity contribution in [2.75, 3.05) is 19.7 Å². The fourth-order valence-electron chi connectivity index (χ4n) is 1.65. The topological polar surface area (TPSA) is 94.3 Å². The Morgan fingerprint density at radius 1 is 1.29 bits per heavy atom. The second-order valence-corrected chi connectivity index (χ2v) is 6.72. The number of sulfonamides is 1. The molecule has 1 aromatic heterocycles. The van der Waals surface area contributed by atoms with E-state index < -0.39 is 10.0 Å². The standard InChI is InChI=1S/C13H17N3O3S2/c14-6-8-19-12-1-3-13(4-2-12)21(17,18)16-7-5-11-9-20-10-15-11/h1-4,9-10,16H,5-8,14H2. The van der Waals surface area contributed by atoms with Crippen LogP contribution in [0.3, 0.4) is 0 Å². The molecule has 3 N–H and O–H groups in total. The van der Waals surface area contributed by atoms with Gasteiger partial charge in [-0.05, 0) is 24.3 Å². The van der Waals surface area contributed by atoms with Gasteiger partial charge in [0.25, 0.3) is 0 Å². The maximum Gasteiger partial charge on any atom is 0.240 e. The molecule has 1 heterocycles. The van der Waals surface area contributed by atoms with Crippen LogP contribution in [-0.4, -0.2) is 33.1 Å². The Bertz CT molecular complexity index is 640. The fraction of sp³-hybridized carbons (Fsp3) is 0.308. The molecule has 1 aromatic carbocycles. The zero-order chi connectivity index (χ0) is 15.1. The molecule has 0 bridgehead atoms. The van der Waals surface area contributed by atoms with Crippen LogP contribution in [0.5, 0.6) is 5.75 Å². The molecule has 6 nitrogen and oxygen atoms in total. The summed E-state index contributed by atoms with van der Waals surface area (Å²) in [5, 5.41) is 1.90. The van der Waals surface area contributed by atoms with E-state index in [1.807, 2.05) is 5.38 Å². The second-order valence-electron chi connectivity index (χ2n) is 4.24. The lowest BCUT2D eigenvalue weighted by Crippen LogP contribution is -2.26. The maximum atomic E-state index is 12.1. The number of benzene rings is 1. The summed E-state index contributed by atoms with van der Waals surface area (Å²) in [7, 11) is -3.51. The first-order valence-electron chi connectivity index (χ1n) is 6.41. The van der Waals surface area contributed by atoms with Crippen molar-refractivity contribution in [3.05, 3.63) is 40.8 Å². The largest absolute Gasteiger partial charge is 0.492 e. The van der Waals surface area contributed by atoms with Crippen molar-refractivity contribution in [2.45, 2.75) is 11.3 Å². The zero-order valence-corrected chi connectivity index (χ0v) is 13.0. The third-order valence-corrected chi connectivity index (χ3v) is 4.79. The van der Waals surface area contributed by atoms with Gasteiger partial charge >= 0.3 is 0 Å². The van der Waals surface area contributed by atoms with Crippen LogP contribution < -0.4 is 15.2 Å². The van der Waals surface area contributed by atoms with Gasteiger partial charge in [-0.25, -0.2) is 18.1 Å². The van der Waals surface area contributed by atoms with Crippen molar-refractivity contribution < 1.29 is 13.2 Å². The quantitative estimate of drug-likeness (QED) is 0.754. The van der Waals surface area contributed by atoms with Gasteiger partial charge in [0.2, 0.25) is 10.0 Å². The van der Waals surface area contributed by atoms with E-state index in [0.717, 1.165) is 5.69 Å². The highest BCUT2D eigenvalue weighted by molar-refractivity contribution is 7.89. The van der Waals surface area contributed by atoms with E-state index in [0.29, 0.717) is 31.9 Å². The van der Waals surface area contributed by atoms with Crippen LogP contribution in [0.4, 0.5) is 0 Å². The van der Waals surface area contributed by atoms with Crippen LogP contribution in [0.1, 0.15) is 5.69 Å². The Labute approximate surface area is 128 Å². The van der Waals surface area contributed by atoms with Crippen molar-refractivity contribution in [1.82, 2.24) is 9.71 Å². The maximum absolute atomic E-state index is 12.1. The Morgan fingerprint density at radius 3 is 2.67 bits per heavy atom. The third-order valence-electron chi connectivity index (χ3n) is 2.68. The molecule has 2 aromatic rings. The first-order chi connectivity index (χ1) is 10.1. The summed E-state index contributed by atoms with van der Waals surface area (Å²) in [5.74, 6) is 0.599. The molecular formula is C13H17N3O3S2. The third kappa shape index (κ3) is 4.78. The van der Waals surface area contributed by atoms with Gasteiger partial charge in [0.15, 0.2) is 0 Å². The van der Waals surface area contributed by atoms with Crippen molar-refractivity contribution in [3.63, 3.8) is 0 Å². The number of rotatable bonds is 8. The van der Waals surface area contributed by atoms with E-state index >= 15 is 0 Å². The van der Waals surface area contributed by atoms with Gasteiger partial charge in [-0.2, -0.15) is 0 Å². The van der Waals surface area contributed by atoms with Gasteiger partial charge in [0.05, 0.1) is 16.1 Å². The van der Waals surface area contributed by atoms with E-state index in [1.54, 1.807) is 17.6 Å². The highest BCUT2D eigenvalue weighted by Crippen LogP contribution is 2.15. The minimum atomic E-state index is -3.51. The predicted octanol–water partition coefficient (Wildman–Crippen LogP) is 1.00. The number of aromatic nitrogens is 1. The van der Waals surface area contributed by atoms with Crippen molar-refractivity contribution >= 4 is 21.4 Å². The molecule has 0 radical (unpaired) electrons.